The summed E-state index contributed by atoms with van der Waals surface area (Å²) in [5.41, 5.74) is 0.823. The lowest BCUT2D eigenvalue weighted by atomic mass is 10.2. The molecule has 1 atom stereocenters. The third-order valence-electron chi connectivity index (χ3n) is 2.18. The smallest absolute Gasteiger partial charge is 0.266 e. The maximum Gasteiger partial charge on any atom is 0.266 e. The first kappa shape index (κ1) is 8.52. The average molecular weight is 183 g/mol. The first-order chi connectivity index (χ1) is 6.27. The monoisotopic (exact) mass is 183 g/mol. The number of aromatic nitrogens is 2. The molecule has 0 aromatic carbocycles. The Bertz CT molecular complexity index is 335. The van der Waals surface area contributed by atoms with Crippen LogP contribution in [0.25, 0.3) is 0 Å². The second-order valence-electron chi connectivity index (χ2n) is 3.17. The molecule has 5 heteroatoms. The van der Waals surface area contributed by atoms with E-state index in [9.17, 15) is 4.79 Å². The third-order valence-corrected chi connectivity index (χ3v) is 2.18. The van der Waals surface area contributed by atoms with Crippen LogP contribution in [0.4, 0.5) is 0 Å². The van der Waals surface area contributed by atoms with Crippen LogP contribution < -0.4 is 10.9 Å². The molecule has 2 N–H and O–H groups in total. The van der Waals surface area contributed by atoms with Gasteiger partial charge in [-0.3, -0.25) is 14.6 Å². The average Bonchev–Trinajstić information content (AvgIpc) is 2.49. The normalized spacial score (nSPS) is 23.3. The molecule has 0 amide bonds. The van der Waals surface area contributed by atoms with Crippen LogP contribution in [0.2, 0.25) is 0 Å². The fraction of sp³-hybridized carbons (Fsp3) is 0.625. The van der Waals surface area contributed by atoms with E-state index < -0.39 is 0 Å². The minimum absolute atomic E-state index is 0.0114. The fourth-order valence-electron chi connectivity index (χ4n) is 1.44. The van der Waals surface area contributed by atoms with Crippen molar-refractivity contribution < 1.29 is 4.74 Å². The SMILES string of the molecule is Cn1[nH]c([C@H]2CNCCO2)cc1=O. The van der Waals surface area contributed by atoms with Crippen LogP contribution in [0.15, 0.2) is 10.9 Å². The van der Waals surface area contributed by atoms with E-state index in [4.69, 9.17) is 4.74 Å². The standard InChI is InChI=1S/C8H13N3O2/c1-11-8(12)4-6(10-11)7-5-9-2-3-13-7/h4,7,9-10H,2-3,5H2,1H3/t7-/m1/s1. The molecule has 1 fully saturated rings. The first-order valence-corrected chi connectivity index (χ1v) is 4.35. The lowest BCUT2D eigenvalue weighted by molar-refractivity contribution is 0.0247. The molecule has 1 aromatic heterocycles. The van der Waals surface area contributed by atoms with Crippen molar-refractivity contribution >= 4 is 0 Å². The Morgan fingerprint density at radius 1 is 1.69 bits per heavy atom. The Balaban J connectivity index is 2.19. The molecule has 2 heterocycles. The molecule has 2 rings (SSSR count). The highest BCUT2D eigenvalue weighted by atomic mass is 16.5. The number of rotatable bonds is 1. The maximum absolute atomic E-state index is 11.1. The van der Waals surface area contributed by atoms with Crippen molar-refractivity contribution in [1.82, 2.24) is 15.1 Å². The van der Waals surface area contributed by atoms with Crippen molar-refractivity contribution in [2.75, 3.05) is 19.7 Å². The van der Waals surface area contributed by atoms with Crippen molar-refractivity contribution in [3.05, 3.63) is 22.1 Å². The Kier molecular flexibility index (Phi) is 2.20. The van der Waals surface area contributed by atoms with E-state index in [1.54, 1.807) is 13.1 Å². The lowest BCUT2D eigenvalue weighted by Gasteiger charge is -2.22. The van der Waals surface area contributed by atoms with Gasteiger partial charge in [0.05, 0.1) is 12.3 Å². The van der Waals surface area contributed by atoms with E-state index in [-0.39, 0.29) is 11.7 Å². The highest BCUT2D eigenvalue weighted by Crippen LogP contribution is 2.14. The molecule has 1 saturated heterocycles. The summed E-state index contributed by atoms with van der Waals surface area (Å²) >= 11 is 0. The summed E-state index contributed by atoms with van der Waals surface area (Å²) in [6, 6.07) is 1.58. The molecule has 0 spiro atoms. The second-order valence-corrected chi connectivity index (χ2v) is 3.17. The Labute approximate surface area is 75.7 Å². The van der Waals surface area contributed by atoms with Gasteiger partial charge < -0.3 is 10.1 Å². The number of hydrogen-bond acceptors (Lipinski definition) is 3. The number of ether oxygens (including phenoxy) is 1. The summed E-state index contributed by atoms with van der Waals surface area (Å²) < 4.78 is 6.94. The van der Waals surface area contributed by atoms with Crippen molar-refractivity contribution in [2.24, 2.45) is 7.05 Å². The number of aryl methyl sites for hydroxylation is 1. The van der Waals surface area contributed by atoms with Crippen LogP contribution in [0.5, 0.6) is 0 Å². The van der Waals surface area contributed by atoms with Gasteiger partial charge in [0.25, 0.3) is 5.56 Å². The Morgan fingerprint density at radius 3 is 3.08 bits per heavy atom. The highest BCUT2D eigenvalue weighted by Gasteiger charge is 2.17. The molecular weight excluding hydrogens is 170 g/mol. The van der Waals surface area contributed by atoms with Gasteiger partial charge in [0, 0.05) is 26.2 Å². The number of morpholine rings is 1. The van der Waals surface area contributed by atoms with E-state index in [2.05, 4.69) is 10.4 Å². The first-order valence-electron chi connectivity index (χ1n) is 4.35. The van der Waals surface area contributed by atoms with Crippen molar-refractivity contribution in [1.29, 1.82) is 0 Å². The zero-order chi connectivity index (χ0) is 9.26. The summed E-state index contributed by atoms with van der Waals surface area (Å²) in [5.74, 6) is 0. The van der Waals surface area contributed by atoms with Crippen LogP contribution >= 0.6 is 0 Å². The quantitative estimate of drug-likeness (QED) is 0.609. The summed E-state index contributed by atoms with van der Waals surface area (Å²) in [5, 5.41) is 6.16. The van der Waals surface area contributed by atoms with Gasteiger partial charge in [0.2, 0.25) is 0 Å². The van der Waals surface area contributed by atoms with E-state index in [1.165, 1.54) is 4.68 Å². The largest absolute Gasteiger partial charge is 0.369 e. The molecule has 5 nitrogen and oxygen atoms in total. The Hall–Kier alpha value is -1.07. The summed E-state index contributed by atoms with van der Waals surface area (Å²) in [4.78, 5) is 11.1. The molecule has 0 bridgehead atoms. The number of aromatic amines is 1. The molecule has 0 unspecified atom stereocenters. The van der Waals surface area contributed by atoms with Crippen molar-refractivity contribution in [3.63, 3.8) is 0 Å². The topological polar surface area (TPSA) is 59.1 Å². The minimum atomic E-state index is -0.0239. The fourth-order valence-corrected chi connectivity index (χ4v) is 1.44. The van der Waals surface area contributed by atoms with Gasteiger partial charge in [0.1, 0.15) is 6.10 Å². The third kappa shape index (κ3) is 1.66. The van der Waals surface area contributed by atoms with Gasteiger partial charge in [-0.15, -0.1) is 0 Å². The lowest BCUT2D eigenvalue weighted by Crippen LogP contribution is -2.33. The van der Waals surface area contributed by atoms with Gasteiger partial charge in [-0.25, -0.2) is 0 Å². The molecular formula is C8H13N3O2. The summed E-state index contributed by atoms with van der Waals surface area (Å²) in [6.07, 6.45) is -0.0114. The maximum atomic E-state index is 11.1. The minimum Gasteiger partial charge on any atom is -0.369 e. The van der Waals surface area contributed by atoms with Gasteiger partial charge in [-0.05, 0) is 0 Å². The van der Waals surface area contributed by atoms with Crippen LogP contribution in [-0.4, -0.2) is 29.5 Å². The van der Waals surface area contributed by atoms with Gasteiger partial charge in [-0.2, -0.15) is 0 Å². The number of nitrogens with zero attached hydrogens (tertiary/aromatic N) is 1. The predicted octanol–water partition coefficient (Wildman–Crippen LogP) is -0.626. The molecule has 1 aliphatic rings. The van der Waals surface area contributed by atoms with E-state index in [0.717, 1.165) is 18.8 Å². The molecule has 0 radical (unpaired) electrons. The van der Waals surface area contributed by atoms with Crippen molar-refractivity contribution in [2.45, 2.75) is 6.10 Å². The van der Waals surface area contributed by atoms with E-state index in [0.29, 0.717) is 6.61 Å². The molecule has 1 aromatic rings. The summed E-state index contributed by atoms with van der Waals surface area (Å²) in [6.45, 7) is 2.34. The van der Waals surface area contributed by atoms with E-state index >= 15 is 0 Å². The van der Waals surface area contributed by atoms with Gasteiger partial charge in [-0.1, -0.05) is 0 Å². The molecule has 72 valence electrons. The summed E-state index contributed by atoms with van der Waals surface area (Å²) in [7, 11) is 1.70. The molecule has 0 saturated carbocycles. The van der Waals surface area contributed by atoms with Crippen LogP contribution in [-0.2, 0) is 11.8 Å². The predicted molar refractivity (Wildman–Crippen MR) is 47.6 cm³/mol. The van der Waals surface area contributed by atoms with Crippen LogP contribution in [0, 0.1) is 0 Å². The molecule has 13 heavy (non-hydrogen) atoms. The molecule has 1 aliphatic heterocycles. The van der Waals surface area contributed by atoms with Crippen LogP contribution in [0.3, 0.4) is 0 Å². The van der Waals surface area contributed by atoms with Gasteiger partial charge in [0.15, 0.2) is 0 Å². The molecule has 0 aliphatic carbocycles. The highest BCUT2D eigenvalue weighted by molar-refractivity contribution is 5.04. The van der Waals surface area contributed by atoms with Crippen LogP contribution in [0.1, 0.15) is 11.8 Å². The number of nitrogens with one attached hydrogen (secondary N) is 2. The van der Waals surface area contributed by atoms with Crippen molar-refractivity contribution in [3.8, 4) is 0 Å². The number of hydrogen-bond donors (Lipinski definition) is 2. The number of H-pyrrole nitrogens is 1. The zero-order valence-corrected chi connectivity index (χ0v) is 7.54. The second kappa shape index (κ2) is 3.35. The van der Waals surface area contributed by atoms with Gasteiger partial charge >= 0.3 is 0 Å². The van der Waals surface area contributed by atoms with E-state index in [1.807, 2.05) is 0 Å². The Morgan fingerprint density at radius 2 is 2.54 bits per heavy atom. The zero-order valence-electron chi connectivity index (χ0n) is 7.54.